The second kappa shape index (κ2) is 10.5. The first-order chi connectivity index (χ1) is 14.4. The van der Waals surface area contributed by atoms with Gasteiger partial charge in [0.15, 0.2) is 0 Å². The normalized spacial score (nSPS) is 16.6. The van der Waals surface area contributed by atoms with Crippen LogP contribution in [-0.2, 0) is 9.53 Å². The summed E-state index contributed by atoms with van der Waals surface area (Å²) in [5.74, 6) is -0.452. The summed E-state index contributed by atoms with van der Waals surface area (Å²) in [6, 6.07) is 12.4. The minimum Gasteiger partial charge on any atom is -0.379 e. The van der Waals surface area contributed by atoms with Gasteiger partial charge in [0, 0.05) is 36.7 Å². The van der Waals surface area contributed by atoms with Crippen LogP contribution in [0.1, 0.15) is 18.5 Å². The first-order valence-electron chi connectivity index (χ1n) is 9.70. The molecule has 3 rings (SSSR count). The Morgan fingerprint density at radius 2 is 1.97 bits per heavy atom. The van der Waals surface area contributed by atoms with Gasteiger partial charge in [0.1, 0.15) is 5.82 Å². The third kappa shape index (κ3) is 6.01. The van der Waals surface area contributed by atoms with Crippen molar-refractivity contribution in [3.8, 4) is 0 Å². The van der Waals surface area contributed by atoms with Gasteiger partial charge in [0.2, 0.25) is 5.91 Å². The summed E-state index contributed by atoms with van der Waals surface area (Å²) >= 11 is 1.33. The predicted molar refractivity (Wildman–Crippen MR) is 113 cm³/mol. The van der Waals surface area contributed by atoms with Crippen LogP contribution in [0.3, 0.4) is 0 Å². The van der Waals surface area contributed by atoms with E-state index < -0.39 is 4.92 Å². The molecule has 160 valence electrons. The number of nitrogens with one attached hydrogen (secondary N) is 1. The number of nitro benzene ring substituents is 1. The first kappa shape index (κ1) is 22.2. The molecule has 1 heterocycles. The number of nitrogens with zero attached hydrogens (tertiary/aromatic N) is 2. The monoisotopic (exact) mass is 433 g/mol. The van der Waals surface area contributed by atoms with Crippen LogP contribution in [-0.4, -0.2) is 53.8 Å². The highest BCUT2D eigenvalue weighted by Gasteiger charge is 2.24. The molecule has 2 unspecified atom stereocenters. The number of carbonyl (C=O) groups is 1. The Bertz CT molecular complexity index is 875. The molecular formula is C21H24FN3O4S. The van der Waals surface area contributed by atoms with Crippen LogP contribution in [0.15, 0.2) is 53.4 Å². The molecule has 0 bridgehead atoms. The average molecular weight is 434 g/mol. The lowest BCUT2D eigenvalue weighted by molar-refractivity contribution is -0.384. The number of nitro groups is 1. The Hall–Kier alpha value is -2.49. The number of amides is 1. The highest BCUT2D eigenvalue weighted by molar-refractivity contribution is 8.00. The molecule has 0 aromatic heterocycles. The largest absolute Gasteiger partial charge is 0.379 e. The summed E-state index contributed by atoms with van der Waals surface area (Å²) in [7, 11) is 0. The molecule has 1 aliphatic rings. The summed E-state index contributed by atoms with van der Waals surface area (Å²) in [6.07, 6.45) is 0. The van der Waals surface area contributed by atoms with Gasteiger partial charge in [-0.05, 0) is 36.8 Å². The zero-order valence-electron chi connectivity index (χ0n) is 16.6. The van der Waals surface area contributed by atoms with Crippen molar-refractivity contribution in [2.24, 2.45) is 0 Å². The lowest BCUT2D eigenvalue weighted by Gasteiger charge is -2.35. The van der Waals surface area contributed by atoms with Gasteiger partial charge in [0.05, 0.1) is 29.4 Å². The molecule has 2 aromatic rings. The summed E-state index contributed by atoms with van der Waals surface area (Å²) in [5, 5.41) is 13.3. The molecule has 9 heteroatoms. The van der Waals surface area contributed by atoms with E-state index in [9.17, 15) is 19.3 Å². The Labute approximate surface area is 178 Å². The SMILES string of the molecule is CC(Sc1ccc([N+](=O)[O-])cc1)C(=O)NCC(c1cccc(F)c1)N1CCOCC1. The van der Waals surface area contributed by atoms with E-state index in [2.05, 4.69) is 10.2 Å². The molecule has 0 saturated carbocycles. The number of morpholine rings is 1. The average Bonchev–Trinajstić information content (AvgIpc) is 2.75. The molecular weight excluding hydrogens is 409 g/mol. The summed E-state index contributed by atoms with van der Waals surface area (Å²) in [4.78, 5) is 25.9. The van der Waals surface area contributed by atoms with Crippen molar-refractivity contribution in [1.82, 2.24) is 10.2 Å². The number of benzene rings is 2. The molecule has 1 aliphatic heterocycles. The van der Waals surface area contributed by atoms with Gasteiger partial charge in [-0.1, -0.05) is 12.1 Å². The maximum absolute atomic E-state index is 13.8. The van der Waals surface area contributed by atoms with Crippen molar-refractivity contribution in [3.05, 3.63) is 70.0 Å². The van der Waals surface area contributed by atoms with E-state index in [1.165, 1.54) is 36.0 Å². The van der Waals surface area contributed by atoms with E-state index in [1.807, 2.05) is 6.07 Å². The summed E-state index contributed by atoms with van der Waals surface area (Å²) in [6.45, 7) is 4.77. The Morgan fingerprint density at radius 3 is 2.60 bits per heavy atom. The third-order valence-electron chi connectivity index (χ3n) is 4.92. The van der Waals surface area contributed by atoms with Crippen molar-refractivity contribution < 1.29 is 18.8 Å². The lowest BCUT2D eigenvalue weighted by atomic mass is 10.0. The van der Waals surface area contributed by atoms with Crippen molar-refractivity contribution >= 4 is 23.4 Å². The van der Waals surface area contributed by atoms with Crippen molar-refractivity contribution in [2.45, 2.75) is 23.1 Å². The number of ether oxygens (including phenoxy) is 1. The van der Waals surface area contributed by atoms with E-state index in [0.717, 1.165) is 10.5 Å². The van der Waals surface area contributed by atoms with Crippen molar-refractivity contribution in [1.29, 1.82) is 0 Å². The number of rotatable bonds is 8. The van der Waals surface area contributed by atoms with Crippen molar-refractivity contribution in [3.63, 3.8) is 0 Å². The van der Waals surface area contributed by atoms with Gasteiger partial charge in [-0.15, -0.1) is 11.8 Å². The lowest BCUT2D eigenvalue weighted by Crippen LogP contribution is -2.44. The number of halogens is 1. The van der Waals surface area contributed by atoms with Crippen molar-refractivity contribution in [2.75, 3.05) is 32.8 Å². The van der Waals surface area contributed by atoms with E-state index in [1.54, 1.807) is 25.1 Å². The van der Waals surface area contributed by atoms with E-state index in [-0.39, 0.29) is 28.7 Å². The number of thioether (sulfide) groups is 1. The molecule has 7 nitrogen and oxygen atoms in total. The van der Waals surface area contributed by atoms with E-state index >= 15 is 0 Å². The summed E-state index contributed by atoms with van der Waals surface area (Å²) < 4.78 is 19.2. The molecule has 1 amide bonds. The number of non-ortho nitro benzene ring substituents is 1. The summed E-state index contributed by atoms with van der Waals surface area (Å²) in [5.41, 5.74) is 0.827. The maximum Gasteiger partial charge on any atom is 0.269 e. The highest BCUT2D eigenvalue weighted by Crippen LogP contribution is 2.26. The van der Waals surface area contributed by atoms with Crippen LogP contribution in [0.5, 0.6) is 0 Å². The Morgan fingerprint density at radius 1 is 1.27 bits per heavy atom. The molecule has 0 spiro atoms. The van der Waals surface area contributed by atoms with Crippen LogP contribution in [0.2, 0.25) is 0 Å². The van der Waals surface area contributed by atoms with Crippen LogP contribution >= 0.6 is 11.8 Å². The van der Waals surface area contributed by atoms with Gasteiger partial charge in [-0.25, -0.2) is 4.39 Å². The van der Waals surface area contributed by atoms with Crippen LogP contribution in [0.25, 0.3) is 0 Å². The van der Waals surface area contributed by atoms with Crippen LogP contribution < -0.4 is 5.32 Å². The minimum atomic E-state index is -0.456. The number of carbonyl (C=O) groups excluding carboxylic acids is 1. The number of hydrogen-bond donors (Lipinski definition) is 1. The standard InChI is InChI=1S/C21H24FN3O4S/c1-15(30-19-7-5-18(6-8-19)25(27)28)21(26)23-14-20(24-9-11-29-12-10-24)16-3-2-4-17(22)13-16/h2-8,13,15,20H,9-12,14H2,1H3,(H,23,26). The molecule has 30 heavy (non-hydrogen) atoms. The minimum absolute atomic E-state index is 0.0138. The smallest absolute Gasteiger partial charge is 0.269 e. The van der Waals surface area contributed by atoms with Gasteiger partial charge in [0.25, 0.3) is 5.69 Å². The molecule has 0 radical (unpaired) electrons. The maximum atomic E-state index is 13.8. The predicted octanol–water partition coefficient (Wildman–Crippen LogP) is 3.40. The topological polar surface area (TPSA) is 84.7 Å². The first-order valence-corrected chi connectivity index (χ1v) is 10.6. The second-order valence-corrected chi connectivity index (χ2v) is 8.39. The van der Waals surface area contributed by atoms with Gasteiger partial charge in [-0.2, -0.15) is 0 Å². The van der Waals surface area contributed by atoms with Gasteiger partial charge >= 0.3 is 0 Å². The van der Waals surface area contributed by atoms with Gasteiger partial charge < -0.3 is 10.1 Å². The molecule has 1 saturated heterocycles. The second-order valence-electron chi connectivity index (χ2n) is 6.98. The third-order valence-corrected chi connectivity index (χ3v) is 6.03. The fourth-order valence-electron chi connectivity index (χ4n) is 3.31. The zero-order valence-corrected chi connectivity index (χ0v) is 17.4. The van der Waals surface area contributed by atoms with Crippen LogP contribution in [0, 0.1) is 15.9 Å². The molecule has 1 fully saturated rings. The fraction of sp³-hybridized carbons (Fsp3) is 0.381. The van der Waals surface area contributed by atoms with Gasteiger partial charge in [-0.3, -0.25) is 19.8 Å². The molecule has 2 aromatic carbocycles. The Balaban J connectivity index is 1.62. The zero-order chi connectivity index (χ0) is 21.5. The number of hydrogen-bond acceptors (Lipinski definition) is 6. The highest BCUT2D eigenvalue weighted by atomic mass is 32.2. The van der Waals surface area contributed by atoms with E-state index in [0.29, 0.717) is 32.8 Å². The molecule has 2 atom stereocenters. The van der Waals surface area contributed by atoms with E-state index in [4.69, 9.17) is 4.74 Å². The van der Waals surface area contributed by atoms with Crippen LogP contribution in [0.4, 0.5) is 10.1 Å². The Kier molecular flexibility index (Phi) is 7.78. The quantitative estimate of drug-likeness (QED) is 0.390. The fourth-order valence-corrected chi connectivity index (χ4v) is 4.20. The molecule has 0 aliphatic carbocycles. The molecule has 1 N–H and O–H groups in total.